The predicted molar refractivity (Wildman–Crippen MR) is 86.7 cm³/mol. The van der Waals surface area contributed by atoms with Gasteiger partial charge in [-0.25, -0.2) is 8.42 Å². The van der Waals surface area contributed by atoms with E-state index in [0.717, 1.165) is 22.1 Å². The lowest BCUT2D eigenvalue weighted by molar-refractivity contribution is 0.593. The van der Waals surface area contributed by atoms with Gasteiger partial charge in [0.2, 0.25) is 10.0 Å². The van der Waals surface area contributed by atoms with Crippen molar-refractivity contribution in [2.75, 3.05) is 17.0 Å². The summed E-state index contributed by atoms with van der Waals surface area (Å²) in [7, 11) is -3.29. The van der Waals surface area contributed by atoms with Gasteiger partial charge in [-0.3, -0.25) is 4.72 Å². The highest BCUT2D eigenvalue weighted by atomic mass is 79.9. The first-order chi connectivity index (χ1) is 9.37. The highest BCUT2D eigenvalue weighted by molar-refractivity contribution is 9.10. The van der Waals surface area contributed by atoms with Gasteiger partial charge in [-0.05, 0) is 72.8 Å². The largest absolute Gasteiger partial charge is 0.314 e. The standard InChI is InChI=1S/C14H21BrN2O2S/c1-10-8-11(2)14(13(15)9-10)17-20(18,19)7-3-6-16-12-4-5-12/h8-9,12,16-17H,3-7H2,1-2H3. The molecule has 0 bridgehead atoms. The highest BCUT2D eigenvalue weighted by Crippen LogP contribution is 2.28. The molecule has 1 aliphatic rings. The molecule has 1 aromatic carbocycles. The van der Waals surface area contributed by atoms with E-state index < -0.39 is 10.0 Å². The fraction of sp³-hybridized carbons (Fsp3) is 0.571. The summed E-state index contributed by atoms with van der Waals surface area (Å²) >= 11 is 3.42. The second-order valence-corrected chi connectivity index (χ2v) is 8.14. The summed E-state index contributed by atoms with van der Waals surface area (Å²) in [5, 5.41) is 3.32. The topological polar surface area (TPSA) is 58.2 Å². The summed E-state index contributed by atoms with van der Waals surface area (Å²) in [5.74, 6) is 0.145. The number of hydrogen-bond acceptors (Lipinski definition) is 3. The van der Waals surface area contributed by atoms with Gasteiger partial charge in [0.25, 0.3) is 0 Å². The summed E-state index contributed by atoms with van der Waals surface area (Å²) in [6.45, 7) is 4.66. The third-order valence-corrected chi connectivity index (χ3v) is 5.26. The van der Waals surface area contributed by atoms with Crippen LogP contribution in [-0.2, 0) is 10.0 Å². The Kier molecular flexibility index (Phi) is 5.09. The molecule has 6 heteroatoms. The zero-order chi connectivity index (χ0) is 14.8. The lowest BCUT2D eigenvalue weighted by atomic mass is 10.1. The molecule has 0 saturated heterocycles. The van der Waals surface area contributed by atoms with Crippen molar-refractivity contribution in [2.45, 2.75) is 39.2 Å². The van der Waals surface area contributed by atoms with Crippen molar-refractivity contribution >= 4 is 31.6 Å². The van der Waals surface area contributed by atoms with Gasteiger partial charge >= 0.3 is 0 Å². The van der Waals surface area contributed by atoms with Crippen LogP contribution in [0, 0.1) is 13.8 Å². The number of hydrogen-bond donors (Lipinski definition) is 2. The van der Waals surface area contributed by atoms with Crippen molar-refractivity contribution in [3.05, 3.63) is 27.7 Å². The van der Waals surface area contributed by atoms with Crippen LogP contribution in [-0.4, -0.2) is 26.8 Å². The smallest absolute Gasteiger partial charge is 0.232 e. The molecular formula is C14H21BrN2O2S. The van der Waals surface area contributed by atoms with E-state index in [1.165, 1.54) is 12.8 Å². The Labute approximate surface area is 129 Å². The maximum atomic E-state index is 12.1. The summed E-state index contributed by atoms with van der Waals surface area (Å²) in [6, 6.07) is 4.51. The van der Waals surface area contributed by atoms with Crippen molar-refractivity contribution in [2.24, 2.45) is 0 Å². The Balaban J connectivity index is 1.93. The molecule has 0 heterocycles. The molecule has 1 aliphatic carbocycles. The van der Waals surface area contributed by atoms with Gasteiger partial charge in [0, 0.05) is 10.5 Å². The summed E-state index contributed by atoms with van der Waals surface area (Å²) < 4.78 is 27.6. The van der Waals surface area contributed by atoms with Gasteiger partial charge in [0.1, 0.15) is 0 Å². The molecule has 1 saturated carbocycles. The minimum Gasteiger partial charge on any atom is -0.314 e. The van der Waals surface area contributed by atoms with Crippen LogP contribution < -0.4 is 10.0 Å². The zero-order valence-corrected chi connectivity index (χ0v) is 14.3. The fourth-order valence-electron chi connectivity index (χ4n) is 2.11. The average molecular weight is 361 g/mol. The van der Waals surface area contributed by atoms with Crippen LogP contribution in [0.1, 0.15) is 30.4 Å². The number of nitrogens with one attached hydrogen (secondary N) is 2. The first kappa shape index (κ1) is 15.8. The van der Waals surface area contributed by atoms with Gasteiger partial charge in [0.15, 0.2) is 0 Å². The van der Waals surface area contributed by atoms with Crippen LogP contribution in [0.2, 0.25) is 0 Å². The predicted octanol–water partition coefficient (Wildman–Crippen LogP) is 2.95. The fourth-order valence-corrected chi connectivity index (χ4v) is 4.22. The molecule has 0 spiro atoms. The second kappa shape index (κ2) is 6.45. The van der Waals surface area contributed by atoms with E-state index in [9.17, 15) is 8.42 Å². The number of anilines is 1. The third kappa shape index (κ3) is 4.75. The Morgan fingerprint density at radius 3 is 2.60 bits per heavy atom. The average Bonchev–Trinajstić information content (AvgIpc) is 3.13. The molecule has 112 valence electrons. The van der Waals surface area contributed by atoms with E-state index in [2.05, 4.69) is 26.0 Å². The first-order valence-corrected chi connectivity index (χ1v) is 9.32. The Morgan fingerprint density at radius 2 is 2.00 bits per heavy atom. The molecule has 0 radical (unpaired) electrons. The molecule has 1 fully saturated rings. The van der Waals surface area contributed by atoms with Gasteiger partial charge in [0.05, 0.1) is 11.4 Å². The summed E-state index contributed by atoms with van der Waals surface area (Å²) in [5.41, 5.74) is 2.67. The van der Waals surface area contributed by atoms with E-state index in [0.29, 0.717) is 18.2 Å². The van der Waals surface area contributed by atoms with Crippen molar-refractivity contribution in [1.82, 2.24) is 5.32 Å². The van der Waals surface area contributed by atoms with E-state index in [4.69, 9.17) is 0 Å². The van der Waals surface area contributed by atoms with E-state index in [-0.39, 0.29) is 5.75 Å². The molecule has 2 rings (SSSR count). The van der Waals surface area contributed by atoms with Gasteiger partial charge in [-0.15, -0.1) is 0 Å². The van der Waals surface area contributed by atoms with Crippen molar-refractivity contribution < 1.29 is 8.42 Å². The molecule has 1 aromatic rings. The van der Waals surface area contributed by atoms with Crippen LogP contribution >= 0.6 is 15.9 Å². The number of halogens is 1. The van der Waals surface area contributed by atoms with Crippen molar-refractivity contribution in [1.29, 1.82) is 0 Å². The molecular weight excluding hydrogens is 340 g/mol. The molecule has 0 amide bonds. The normalized spacial score (nSPS) is 15.3. The quantitative estimate of drug-likeness (QED) is 0.734. The molecule has 0 aliphatic heterocycles. The van der Waals surface area contributed by atoms with Crippen LogP contribution in [0.4, 0.5) is 5.69 Å². The maximum absolute atomic E-state index is 12.1. The minimum atomic E-state index is -3.29. The van der Waals surface area contributed by atoms with E-state index in [1.54, 1.807) is 0 Å². The van der Waals surface area contributed by atoms with Crippen molar-refractivity contribution in [3.8, 4) is 0 Å². The lowest BCUT2D eigenvalue weighted by Crippen LogP contribution is -2.23. The number of aryl methyl sites for hydroxylation is 2. The number of sulfonamides is 1. The molecule has 2 N–H and O–H groups in total. The SMILES string of the molecule is Cc1cc(C)c(NS(=O)(=O)CCCNC2CC2)c(Br)c1. The molecule has 20 heavy (non-hydrogen) atoms. The monoisotopic (exact) mass is 360 g/mol. The molecule has 0 unspecified atom stereocenters. The van der Waals surface area contributed by atoms with Crippen LogP contribution in [0.25, 0.3) is 0 Å². The van der Waals surface area contributed by atoms with Gasteiger partial charge in [-0.1, -0.05) is 6.07 Å². The number of benzene rings is 1. The highest BCUT2D eigenvalue weighted by Gasteiger charge is 2.20. The van der Waals surface area contributed by atoms with Gasteiger partial charge in [-0.2, -0.15) is 0 Å². The van der Waals surface area contributed by atoms with Crippen LogP contribution in [0.3, 0.4) is 0 Å². The second-order valence-electron chi connectivity index (χ2n) is 5.44. The van der Waals surface area contributed by atoms with Gasteiger partial charge < -0.3 is 5.32 Å². The van der Waals surface area contributed by atoms with E-state index >= 15 is 0 Å². The van der Waals surface area contributed by atoms with E-state index in [1.807, 2.05) is 26.0 Å². The summed E-state index contributed by atoms with van der Waals surface area (Å²) in [6.07, 6.45) is 3.08. The Morgan fingerprint density at radius 1 is 1.30 bits per heavy atom. The summed E-state index contributed by atoms with van der Waals surface area (Å²) in [4.78, 5) is 0. The maximum Gasteiger partial charge on any atom is 0.232 e. The molecule has 0 atom stereocenters. The minimum absolute atomic E-state index is 0.145. The molecule has 4 nitrogen and oxygen atoms in total. The first-order valence-electron chi connectivity index (χ1n) is 6.88. The zero-order valence-electron chi connectivity index (χ0n) is 11.9. The number of rotatable bonds is 7. The lowest BCUT2D eigenvalue weighted by Gasteiger charge is -2.13. The Hall–Kier alpha value is -0.590. The van der Waals surface area contributed by atoms with Crippen molar-refractivity contribution in [3.63, 3.8) is 0 Å². The Bertz CT molecular complexity index is 560. The van der Waals surface area contributed by atoms with Crippen LogP contribution in [0.5, 0.6) is 0 Å². The molecule has 0 aromatic heterocycles. The third-order valence-electron chi connectivity index (χ3n) is 3.29. The van der Waals surface area contributed by atoms with Crippen LogP contribution in [0.15, 0.2) is 16.6 Å².